The Bertz CT molecular complexity index is 139. The minimum absolute atomic E-state index is 0.322. The molecule has 0 aromatic rings. The van der Waals surface area contributed by atoms with Gasteiger partial charge in [0.1, 0.15) is 0 Å². The van der Waals surface area contributed by atoms with Crippen LogP contribution in [0, 0.1) is 0 Å². The lowest BCUT2D eigenvalue weighted by Crippen LogP contribution is -2.25. The monoisotopic (exact) mass is 139 g/mol. The van der Waals surface area contributed by atoms with Gasteiger partial charge in [-0.25, -0.2) is 13.1 Å². The zero-order chi connectivity index (χ0) is 6.62. The van der Waals surface area contributed by atoms with Crippen molar-refractivity contribution in [2.75, 3.05) is 12.5 Å². The minimum Gasteiger partial charge on any atom is -0.379 e. The predicted molar refractivity (Wildman–Crippen MR) is 29.7 cm³/mol. The average molecular weight is 139 g/mol. The third-order valence-corrected chi connectivity index (χ3v) is 1.60. The highest BCUT2D eigenvalue weighted by atomic mass is 32.2. The van der Waals surface area contributed by atoms with E-state index in [9.17, 15) is 8.42 Å². The molecule has 0 heterocycles. The fourth-order valence-electron chi connectivity index (χ4n) is 0.266. The summed E-state index contributed by atoms with van der Waals surface area (Å²) >= 11 is 0. The first kappa shape index (κ1) is 7.87. The molecule has 0 bridgehead atoms. The number of hydrogen-bond donors (Lipinski definition) is 2. The lowest BCUT2D eigenvalue weighted by atomic mass is 10.8. The van der Waals surface area contributed by atoms with Gasteiger partial charge < -0.3 is 5.11 Å². The molecule has 4 nitrogen and oxygen atoms in total. The molecule has 0 radical (unpaired) electrons. The lowest BCUT2D eigenvalue weighted by molar-refractivity contribution is 0.356. The number of sulfonamides is 1. The van der Waals surface area contributed by atoms with Crippen molar-refractivity contribution in [2.45, 2.75) is 6.92 Å². The molecule has 5 heteroatoms. The molecule has 0 aliphatic heterocycles. The summed E-state index contributed by atoms with van der Waals surface area (Å²) in [5.41, 5.74) is 0. The van der Waals surface area contributed by atoms with Crippen LogP contribution in [0.2, 0.25) is 0 Å². The van der Waals surface area contributed by atoms with Gasteiger partial charge in [-0.3, -0.25) is 0 Å². The maximum atomic E-state index is 10.2. The molecular weight excluding hydrogens is 130 g/mol. The Balaban J connectivity index is 3.76. The van der Waals surface area contributed by atoms with Gasteiger partial charge in [-0.1, -0.05) is 6.92 Å². The van der Waals surface area contributed by atoms with Crippen molar-refractivity contribution >= 4 is 10.0 Å². The molecule has 0 saturated carbocycles. The smallest absolute Gasteiger partial charge is 0.235 e. The van der Waals surface area contributed by atoms with Gasteiger partial charge in [0.05, 0.1) is 0 Å². The molecule has 0 spiro atoms. The van der Waals surface area contributed by atoms with E-state index >= 15 is 0 Å². The Labute approximate surface area is 48.6 Å². The molecule has 0 saturated heterocycles. The zero-order valence-corrected chi connectivity index (χ0v) is 5.40. The van der Waals surface area contributed by atoms with Crippen molar-refractivity contribution in [3.05, 3.63) is 0 Å². The van der Waals surface area contributed by atoms with E-state index in [1.165, 1.54) is 0 Å². The number of nitrogens with one attached hydrogen (secondary N) is 1. The number of aliphatic hydroxyl groups is 1. The van der Waals surface area contributed by atoms with Gasteiger partial charge in [0, 0.05) is 6.54 Å². The first-order valence-electron chi connectivity index (χ1n) is 2.20. The van der Waals surface area contributed by atoms with E-state index < -0.39 is 16.0 Å². The van der Waals surface area contributed by atoms with Gasteiger partial charge >= 0.3 is 0 Å². The molecule has 0 aliphatic carbocycles. The SMILES string of the molecule is CCNS(=O)(=O)CO. The van der Waals surface area contributed by atoms with Crippen molar-refractivity contribution in [3.8, 4) is 0 Å². The van der Waals surface area contributed by atoms with Crippen LogP contribution < -0.4 is 4.72 Å². The van der Waals surface area contributed by atoms with Crippen LogP contribution in [0.3, 0.4) is 0 Å². The summed E-state index contributed by atoms with van der Waals surface area (Å²) in [6, 6.07) is 0. The fourth-order valence-corrected chi connectivity index (χ4v) is 0.797. The van der Waals surface area contributed by atoms with Crippen LogP contribution in [0.4, 0.5) is 0 Å². The van der Waals surface area contributed by atoms with Crippen molar-refractivity contribution < 1.29 is 13.5 Å². The normalized spacial score (nSPS) is 11.8. The molecule has 0 atom stereocenters. The molecule has 0 amide bonds. The van der Waals surface area contributed by atoms with Gasteiger partial charge in [0.25, 0.3) is 0 Å². The molecular formula is C3H9NO3S. The third-order valence-electron chi connectivity index (χ3n) is 0.534. The first-order valence-corrected chi connectivity index (χ1v) is 3.86. The van der Waals surface area contributed by atoms with Crippen LogP contribution in [-0.2, 0) is 10.0 Å². The van der Waals surface area contributed by atoms with E-state index in [2.05, 4.69) is 4.72 Å². The first-order chi connectivity index (χ1) is 3.62. The van der Waals surface area contributed by atoms with Gasteiger partial charge in [0.2, 0.25) is 10.0 Å². The summed E-state index contributed by atoms with van der Waals surface area (Å²) < 4.78 is 22.6. The Morgan fingerprint density at radius 1 is 1.62 bits per heavy atom. The summed E-state index contributed by atoms with van der Waals surface area (Å²) in [5.74, 6) is -0.832. The summed E-state index contributed by atoms with van der Waals surface area (Å²) in [6.45, 7) is 1.97. The van der Waals surface area contributed by atoms with Crippen LogP contribution in [-0.4, -0.2) is 26.0 Å². The van der Waals surface area contributed by atoms with E-state index in [4.69, 9.17) is 5.11 Å². The topological polar surface area (TPSA) is 66.4 Å². The lowest BCUT2D eigenvalue weighted by Gasteiger charge is -1.96. The Kier molecular flexibility index (Phi) is 2.96. The van der Waals surface area contributed by atoms with Crippen molar-refractivity contribution in [2.24, 2.45) is 0 Å². The van der Waals surface area contributed by atoms with Crippen LogP contribution >= 0.6 is 0 Å². The van der Waals surface area contributed by atoms with E-state index in [1.54, 1.807) is 6.92 Å². The molecule has 0 rings (SSSR count). The van der Waals surface area contributed by atoms with Crippen molar-refractivity contribution in [1.82, 2.24) is 4.72 Å². The number of hydrogen-bond acceptors (Lipinski definition) is 3. The summed E-state index contributed by atoms with van der Waals surface area (Å²) in [6.07, 6.45) is 0. The summed E-state index contributed by atoms with van der Waals surface area (Å²) in [5, 5.41) is 8.07. The van der Waals surface area contributed by atoms with Gasteiger partial charge in [-0.05, 0) is 0 Å². The highest BCUT2D eigenvalue weighted by Crippen LogP contribution is 1.75. The standard InChI is InChI=1S/C3H9NO3S/c1-2-4-8(6,7)3-5/h4-5H,2-3H2,1H3. The van der Waals surface area contributed by atoms with Crippen LogP contribution in [0.5, 0.6) is 0 Å². The molecule has 0 aromatic heterocycles. The molecule has 8 heavy (non-hydrogen) atoms. The van der Waals surface area contributed by atoms with E-state index in [0.29, 0.717) is 6.54 Å². The molecule has 50 valence electrons. The molecule has 0 aliphatic rings. The second-order valence-corrected chi connectivity index (χ2v) is 3.02. The maximum absolute atomic E-state index is 10.2. The maximum Gasteiger partial charge on any atom is 0.235 e. The van der Waals surface area contributed by atoms with Gasteiger partial charge in [-0.2, -0.15) is 0 Å². The van der Waals surface area contributed by atoms with Gasteiger partial charge in [-0.15, -0.1) is 0 Å². The molecule has 2 N–H and O–H groups in total. The van der Waals surface area contributed by atoms with Crippen LogP contribution in [0.15, 0.2) is 0 Å². The highest BCUT2D eigenvalue weighted by Gasteiger charge is 2.02. The summed E-state index contributed by atoms with van der Waals surface area (Å²) in [4.78, 5) is 0. The van der Waals surface area contributed by atoms with E-state index in [1.807, 2.05) is 0 Å². The molecule has 0 fully saturated rings. The fraction of sp³-hybridized carbons (Fsp3) is 1.00. The third kappa shape index (κ3) is 2.95. The average Bonchev–Trinajstić information content (AvgIpc) is 1.67. The quantitative estimate of drug-likeness (QED) is 0.520. The van der Waals surface area contributed by atoms with E-state index in [0.717, 1.165) is 0 Å². The Hall–Kier alpha value is -0.130. The predicted octanol–water partition coefficient (Wildman–Crippen LogP) is -1.12. The molecule has 0 unspecified atom stereocenters. The largest absolute Gasteiger partial charge is 0.379 e. The highest BCUT2D eigenvalue weighted by molar-refractivity contribution is 7.89. The number of rotatable bonds is 3. The van der Waals surface area contributed by atoms with Crippen LogP contribution in [0.1, 0.15) is 6.92 Å². The number of aliphatic hydroxyl groups excluding tert-OH is 1. The Morgan fingerprint density at radius 2 is 2.12 bits per heavy atom. The van der Waals surface area contributed by atoms with Crippen LogP contribution in [0.25, 0.3) is 0 Å². The van der Waals surface area contributed by atoms with Gasteiger partial charge in [0.15, 0.2) is 5.94 Å². The minimum atomic E-state index is -3.36. The second-order valence-electron chi connectivity index (χ2n) is 1.24. The van der Waals surface area contributed by atoms with Crippen molar-refractivity contribution in [1.29, 1.82) is 0 Å². The van der Waals surface area contributed by atoms with Crippen molar-refractivity contribution in [3.63, 3.8) is 0 Å². The summed E-state index contributed by atoms with van der Waals surface area (Å²) in [7, 11) is -3.36. The second kappa shape index (κ2) is 3.01. The Morgan fingerprint density at radius 3 is 2.25 bits per heavy atom. The molecule has 0 aromatic carbocycles. The van der Waals surface area contributed by atoms with E-state index in [-0.39, 0.29) is 0 Å². The zero-order valence-electron chi connectivity index (χ0n) is 4.59.